The van der Waals surface area contributed by atoms with E-state index >= 15 is 0 Å². The third kappa shape index (κ3) is 4.93. The summed E-state index contributed by atoms with van der Waals surface area (Å²) in [6, 6.07) is 11.0. The summed E-state index contributed by atoms with van der Waals surface area (Å²) < 4.78 is 5.16. The first-order chi connectivity index (χ1) is 12.3. The smallest absolute Gasteiger partial charge is 0.271 e. The number of nitrogens with one attached hydrogen (secondary N) is 1. The van der Waals surface area contributed by atoms with Crippen molar-refractivity contribution >= 4 is 28.9 Å². The summed E-state index contributed by atoms with van der Waals surface area (Å²) in [5, 5.41) is 14.3. The van der Waals surface area contributed by atoms with E-state index in [-0.39, 0.29) is 17.3 Å². The number of amides is 1. The summed E-state index contributed by atoms with van der Waals surface area (Å²) in [7, 11) is 3.26. The lowest BCUT2D eigenvalue weighted by Crippen LogP contribution is -2.39. The van der Waals surface area contributed by atoms with E-state index in [9.17, 15) is 14.9 Å². The van der Waals surface area contributed by atoms with Gasteiger partial charge in [-0.1, -0.05) is 23.7 Å². The SMILES string of the molecule is COc1ccc([N+](=O)[O-])cc1NC(=O)[C@@H](C)N(C)Cc1ccc(Cl)cc1. The molecule has 0 bridgehead atoms. The maximum absolute atomic E-state index is 12.5. The van der Waals surface area contributed by atoms with Crippen molar-refractivity contribution in [3.63, 3.8) is 0 Å². The zero-order valence-electron chi connectivity index (χ0n) is 14.7. The van der Waals surface area contributed by atoms with Crippen molar-refractivity contribution in [2.45, 2.75) is 19.5 Å². The van der Waals surface area contributed by atoms with E-state index in [0.717, 1.165) is 5.56 Å². The molecule has 0 saturated carbocycles. The average Bonchev–Trinajstić information content (AvgIpc) is 2.62. The van der Waals surface area contributed by atoms with Crippen LogP contribution in [0.1, 0.15) is 12.5 Å². The van der Waals surface area contributed by atoms with Crippen LogP contribution in [0.5, 0.6) is 5.75 Å². The van der Waals surface area contributed by atoms with Crippen LogP contribution in [0.25, 0.3) is 0 Å². The fourth-order valence-electron chi connectivity index (χ4n) is 2.36. The highest BCUT2D eigenvalue weighted by atomic mass is 35.5. The minimum Gasteiger partial charge on any atom is -0.495 e. The third-order valence-corrected chi connectivity index (χ3v) is 4.29. The van der Waals surface area contributed by atoms with Crippen molar-refractivity contribution in [1.29, 1.82) is 0 Å². The van der Waals surface area contributed by atoms with Crippen molar-refractivity contribution in [1.82, 2.24) is 4.90 Å². The topological polar surface area (TPSA) is 84.7 Å². The van der Waals surface area contributed by atoms with Crippen molar-refractivity contribution in [2.24, 2.45) is 0 Å². The molecule has 0 fully saturated rings. The second kappa shape index (κ2) is 8.64. The zero-order chi connectivity index (χ0) is 19.3. The third-order valence-electron chi connectivity index (χ3n) is 4.04. The van der Waals surface area contributed by atoms with E-state index in [1.807, 2.05) is 24.1 Å². The first-order valence-electron chi connectivity index (χ1n) is 7.89. The van der Waals surface area contributed by atoms with Crippen LogP contribution < -0.4 is 10.1 Å². The van der Waals surface area contributed by atoms with E-state index in [4.69, 9.17) is 16.3 Å². The Morgan fingerprint density at radius 1 is 1.31 bits per heavy atom. The molecule has 0 spiro atoms. The Bertz CT molecular complexity index is 796. The van der Waals surface area contributed by atoms with Gasteiger partial charge >= 0.3 is 0 Å². The summed E-state index contributed by atoms with van der Waals surface area (Å²) in [6.07, 6.45) is 0. The van der Waals surface area contributed by atoms with E-state index in [2.05, 4.69) is 5.32 Å². The van der Waals surface area contributed by atoms with Gasteiger partial charge in [0.1, 0.15) is 5.75 Å². The first kappa shape index (κ1) is 19.7. The maximum atomic E-state index is 12.5. The van der Waals surface area contributed by atoms with Gasteiger partial charge in [-0.3, -0.25) is 19.8 Å². The molecule has 2 aromatic carbocycles. The molecule has 26 heavy (non-hydrogen) atoms. The van der Waals surface area contributed by atoms with Crippen LogP contribution in [0.2, 0.25) is 5.02 Å². The number of non-ortho nitro benzene ring substituents is 1. The monoisotopic (exact) mass is 377 g/mol. The molecule has 1 amide bonds. The van der Waals surface area contributed by atoms with Gasteiger partial charge in [0.05, 0.1) is 23.8 Å². The molecule has 1 N–H and O–H groups in total. The molecule has 0 aliphatic carbocycles. The number of hydrogen-bond donors (Lipinski definition) is 1. The Labute approximate surface area is 156 Å². The summed E-state index contributed by atoms with van der Waals surface area (Å²) in [5.74, 6) is 0.0664. The van der Waals surface area contributed by atoms with Crippen molar-refractivity contribution in [3.8, 4) is 5.75 Å². The van der Waals surface area contributed by atoms with Gasteiger partial charge in [-0.15, -0.1) is 0 Å². The minimum atomic E-state index is -0.523. The minimum absolute atomic E-state index is 0.122. The summed E-state index contributed by atoms with van der Waals surface area (Å²) in [4.78, 5) is 24.8. The molecule has 2 rings (SSSR count). The number of halogens is 1. The number of rotatable bonds is 7. The van der Waals surface area contributed by atoms with Gasteiger partial charge in [-0.05, 0) is 37.7 Å². The average molecular weight is 378 g/mol. The molecule has 2 aromatic rings. The summed E-state index contributed by atoms with van der Waals surface area (Å²) >= 11 is 5.88. The number of nitro benzene ring substituents is 1. The number of hydrogen-bond acceptors (Lipinski definition) is 5. The van der Waals surface area contributed by atoms with Gasteiger partial charge in [-0.2, -0.15) is 0 Å². The number of benzene rings is 2. The number of carbonyl (C=O) groups excluding carboxylic acids is 1. The molecule has 7 nitrogen and oxygen atoms in total. The molecule has 138 valence electrons. The van der Waals surface area contributed by atoms with Gasteiger partial charge in [0.25, 0.3) is 5.69 Å². The number of nitro groups is 1. The van der Waals surface area contributed by atoms with Crippen molar-refractivity contribution in [3.05, 3.63) is 63.2 Å². The highest BCUT2D eigenvalue weighted by Crippen LogP contribution is 2.29. The molecule has 0 aromatic heterocycles. The number of methoxy groups -OCH3 is 1. The number of ether oxygens (including phenoxy) is 1. The van der Waals surface area contributed by atoms with Gasteiger partial charge in [0.15, 0.2) is 0 Å². The molecule has 0 unspecified atom stereocenters. The molecule has 0 aliphatic rings. The van der Waals surface area contributed by atoms with Gasteiger partial charge in [0, 0.05) is 23.7 Å². The van der Waals surface area contributed by atoms with E-state index in [0.29, 0.717) is 17.3 Å². The lowest BCUT2D eigenvalue weighted by Gasteiger charge is -2.24. The largest absolute Gasteiger partial charge is 0.495 e. The first-order valence-corrected chi connectivity index (χ1v) is 8.27. The van der Waals surface area contributed by atoms with Crippen LogP contribution in [0.4, 0.5) is 11.4 Å². The molecule has 8 heteroatoms. The number of likely N-dealkylation sites (N-methyl/N-ethyl adjacent to an activating group) is 1. The second-order valence-corrected chi connectivity index (χ2v) is 6.28. The lowest BCUT2D eigenvalue weighted by atomic mass is 10.2. The van der Waals surface area contributed by atoms with Crippen LogP contribution in [-0.4, -0.2) is 35.9 Å². The van der Waals surface area contributed by atoms with E-state index < -0.39 is 11.0 Å². The molecule has 0 saturated heterocycles. The second-order valence-electron chi connectivity index (χ2n) is 5.85. The molecule has 0 radical (unpaired) electrons. The normalized spacial score (nSPS) is 11.9. The summed E-state index contributed by atoms with van der Waals surface area (Å²) in [5.41, 5.74) is 1.16. The maximum Gasteiger partial charge on any atom is 0.271 e. The van der Waals surface area contributed by atoms with Crippen LogP contribution >= 0.6 is 11.6 Å². The highest BCUT2D eigenvalue weighted by molar-refractivity contribution is 6.30. The predicted molar refractivity (Wildman–Crippen MR) is 101 cm³/mol. The Balaban J connectivity index is 2.09. The molecule has 1 atom stereocenters. The predicted octanol–water partition coefficient (Wildman–Crippen LogP) is 3.72. The molecule has 0 aliphatic heterocycles. The summed E-state index contributed by atoms with van der Waals surface area (Å²) in [6.45, 7) is 2.31. The Kier molecular flexibility index (Phi) is 6.54. The van der Waals surface area contributed by atoms with Crippen molar-refractivity contribution in [2.75, 3.05) is 19.5 Å². The highest BCUT2D eigenvalue weighted by Gasteiger charge is 2.21. The molecular weight excluding hydrogens is 358 g/mol. The van der Waals surface area contributed by atoms with Crippen LogP contribution in [0, 0.1) is 10.1 Å². The Morgan fingerprint density at radius 2 is 1.96 bits per heavy atom. The zero-order valence-corrected chi connectivity index (χ0v) is 15.5. The lowest BCUT2D eigenvalue weighted by molar-refractivity contribution is -0.384. The Morgan fingerprint density at radius 3 is 2.54 bits per heavy atom. The van der Waals surface area contributed by atoms with E-state index in [1.165, 1.54) is 25.3 Å². The Hall–Kier alpha value is -2.64. The van der Waals surface area contributed by atoms with Gasteiger partial charge in [-0.25, -0.2) is 0 Å². The fraction of sp³-hybridized carbons (Fsp3) is 0.278. The van der Waals surface area contributed by atoms with E-state index in [1.54, 1.807) is 19.1 Å². The molecular formula is C18H20ClN3O4. The number of nitrogens with zero attached hydrogens (tertiary/aromatic N) is 2. The van der Waals surface area contributed by atoms with Crippen LogP contribution in [0.3, 0.4) is 0 Å². The quantitative estimate of drug-likeness (QED) is 0.587. The van der Waals surface area contributed by atoms with Crippen molar-refractivity contribution < 1.29 is 14.5 Å². The number of anilines is 1. The standard InChI is InChI=1S/C18H20ClN3O4/c1-12(21(2)11-13-4-6-14(19)7-5-13)18(23)20-16-10-15(22(24)25)8-9-17(16)26-3/h4-10,12H,11H2,1-3H3,(H,20,23)/t12-/m1/s1. The van der Waals surface area contributed by atoms with Crippen LogP contribution in [0.15, 0.2) is 42.5 Å². The fourth-order valence-corrected chi connectivity index (χ4v) is 2.49. The van der Waals surface area contributed by atoms with Crippen LogP contribution in [-0.2, 0) is 11.3 Å². The molecule has 0 heterocycles. The number of carbonyl (C=O) groups is 1. The van der Waals surface area contributed by atoms with Gasteiger partial charge in [0.2, 0.25) is 5.91 Å². The van der Waals surface area contributed by atoms with Gasteiger partial charge < -0.3 is 10.1 Å².